The van der Waals surface area contributed by atoms with Crippen LogP contribution in [0, 0.1) is 18.8 Å². The van der Waals surface area contributed by atoms with Crippen LogP contribution < -0.4 is 14.5 Å². The molecule has 0 saturated heterocycles. The average molecular weight is 959 g/mol. The van der Waals surface area contributed by atoms with E-state index in [-0.39, 0.29) is 42.7 Å². The van der Waals surface area contributed by atoms with Crippen molar-refractivity contribution < 1.29 is 25.8 Å². The molecule has 7 aromatic rings. The minimum absolute atomic E-state index is 0. The molecule has 0 amide bonds. The second-order valence-electron chi connectivity index (χ2n) is 19.3. The van der Waals surface area contributed by atoms with Gasteiger partial charge in [-0.3, -0.25) is 0 Å². The summed E-state index contributed by atoms with van der Waals surface area (Å²) in [5.41, 5.74) is 9.54. The molecule has 8 rings (SSSR count). The molecule has 0 atom stereocenters. The van der Waals surface area contributed by atoms with Gasteiger partial charge in [0.15, 0.2) is 0 Å². The van der Waals surface area contributed by atoms with Crippen molar-refractivity contribution in [3.05, 3.63) is 174 Å². The molecule has 0 saturated carbocycles. The summed E-state index contributed by atoms with van der Waals surface area (Å²) in [7, 11) is 0. The van der Waals surface area contributed by atoms with Gasteiger partial charge in [-0.2, -0.15) is 0 Å². The maximum absolute atomic E-state index is 7.00. The number of pyridine rings is 1. The van der Waals surface area contributed by atoms with E-state index in [1.807, 2.05) is 6.20 Å². The van der Waals surface area contributed by atoms with Crippen LogP contribution in [0.15, 0.2) is 128 Å². The SMILES string of the molecule is CC(C)(C)c1cccc(N2C=CN(c3[c-]c(Oc4[c-]c5c(c(C(C)(C)C)c4)c4ccccc4n5-c4cc(C(C)(C)C)ccn4)cc(C(C)(C)c4ccccc4)c3)[CH-]2)c1.[Pt]. The monoisotopic (exact) mass is 958 g/mol. The summed E-state index contributed by atoms with van der Waals surface area (Å²) in [5.74, 6) is 2.12. The van der Waals surface area contributed by atoms with E-state index >= 15 is 0 Å². The Labute approximate surface area is 366 Å². The number of fused-ring (bicyclic) bond motifs is 3. The van der Waals surface area contributed by atoms with E-state index in [0.29, 0.717) is 11.5 Å². The molecule has 1 aliphatic heterocycles. The maximum Gasteiger partial charge on any atom is 0.135 e. The third-order valence-electron chi connectivity index (χ3n) is 11.5. The van der Waals surface area contributed by atoms with Gasteiger partial charge in [-0.15, -0.1) is 53.8 Å². The molecule has 2 aromatic heterocycles. The summed E-state index contributed by atoms with van der Waals surface area (Å²) >= 11 is 0. The van der Waals surface area contributed by atoms with Crippen LogP contribution >= 0.6 is 0 Å². The zero-order chi connectivity index (χ0) is 41.2. The van der Waals surface area contributed by atoms with Gasteiger partial charge in [-0.25, -0.2) is 4.98 Å². The normalized spacial score (nSPS) is 13.7. The zero-order valence-electron chi connectivity index (χ0n) is 36.2. The Bertz CT molecular complexity index is 2670. The fourth-order valence-electron chi connectivity index (χ4n) is 7.88. The minimum Gasteiger partial charge on any atom is -0.509 e. The van der Waals surface area contributed by atoms with Gasteiger partial charge in [0.2, 0.25) is 0 Å². The Kier molecular flexibility index (Phi) is 11.0. The molecule has 6 heteroatoms. The van der Waals surface area contributed by atoms with E-state index in [1.54, 1.807) is 0 Å². The van der Waals surface area contributed by atoms with Gasteiger partial charge in [-0.05, 0) is 86.5 Å². The van der Waals surface area contributed by atoms with Crippen LogP contribution in [-0.2, 0) is 42.7 Å². The van der Waals surface area contributed by atoms with Crippen molar-refractivity contribution in [1.29, 1.82) is 0 Å². The van der Waals surface area contributed by atoms with Crippen molar-refractivity contribution in [3.8, 4) is 17.3 Å². The Morgan fingerprint density at radius 1 is 0.576 bits per heavy atom. The molecule has 5 nitrogen and oxygen atoms in total. The number of nitrogens with zero attached hydrogens (tertiary/aromatic N) is 4. The number of hydrogen-bond acceptors (Lipinski definition) is 4. The van der Waals surface area contributed by atoms with Crippen LogP contribution in [0.1, 0.15) is 104 Å². The summed E-state index contributed by atoms with van der Waals surface area (Å²) in [6.07, 6.45) is 6.11. The third kappa shape index (κ3) is 8.24. The van der Waals surface area contributed by atoms with Crippen LogP contribution in [0.2, 0.25) is 0 Å². The quantitative estimate of drug-likeness (QED) is 0.149. The number of aromatic nitrogens is 2. The molecule has 0 fully saturated rings. The van der Waals surface area contributed by atoms with Gasteiger partial charge in [0, 0.05) is 50.0 Å². The van der Waals surface area contributed by atoms with Crippen LogP contribution in [0.4, 0.5) is 11.4 Å². The Hall–Kier alpha value is -5.12. The molecule has 0 spiro atoms. The molecule has 5 aromatic carbocycles. The largest absolute Gasteiger partial charge is 0.509 e. The molecule has 1 aliphatic rings. The fraction of sp³-hybridized carbons (Fsp3) is 0.283. The first-order chi connectivity index (χ1) is 27.4. The summed E-state index contributed by atoms with van der Waals surface area (Å²) in [6.45, 7) is 26.9. The standard InChI is InChI=1S/C53H55N4O.Pt/c1-50(2,3)37-20-17-21-40(28-37)55-26-27-56(35-55)41-29-39(53(10,11)36-18-13-12-14-19-36)30-42(32-41)58-43-33-45(52(7,8)9)49-44-22-15-16-23-46(44)57(47(49)34-43)48-31-38(24-25-54-48)51(4,5)6;/h12-31,33,35H,1-11H3;/q-3;. The van der Waals surface area contributed by atoms with Gasteiger partial charge in [0.25, 0.3) is 0 Å². The first kappa shape index (κ1) is 42.0. The van der Waals surface area contributed by atoms with Crippen LogP contribution in [0.5, 0.6) is 11.5 Å². The number of benzene rings is 5. The molecule has 0 aliphatic carbocycles. The molecular weight excluding hydrogens is 904 g/mol. The number of anilines is 2. The van der Waals surface area contributed by atoms with Crippen molar-refractivity contribution >= 4 is 33.2 Å². The third-order valence-corrected chi connectivity index (χ3v) is 11.5. The number of rotatable bonds is 7. The van der Waals surface area contributed by atoms with Gasteiger partial charge >= 0.3 is 0 Å². The van der Waals surface area contributed by atoms with Gasteiger partial charge in [-0.1, -0.05) is 148 Å². The number of ether oxygens (including phenoxy) is 1. The first-order valence-electron chi connectivity index (χ1n) is 20.4. The van der Waals surface area contributed by atoms with E-state index in [4.69, 9.17) is 9.72 Å². The van der Waals surface area contributed by atoms with E-state index in [1.165, 1.54) is 27.6 Å². The zero-order valence-corrected chi connectivity index (χ0v) is 38.5. The fourth-order valence-corrected chi connectivity index (χ4v) is 7.88. The molecular formula is C53H55N4OPt-3. The summed E-state index contributed by atoms with van der Waals surface area (Å²) in [5, 5.41) is 2.33. The average Bonchev–Trinajstić information content (AvgIpc) is 3.81. The minimum atomic E-state index is -0.326. The summed E-state index contributed by atoms with van der Waals surface area (Å²) < 4.78 is 9.25. The summed E-state index contributed by atoms with van der Waals surface area (Å²) in [4.78, 5) is 9.24. The predicted molar refractivity (Wildman–Crippen MR) is 242 cm³/mol. The molecule has 0 unspecified atom stereocenters. The van der Waals surface area contributed by atoms with Crippen molar-refractivity contribution in [2.75, 3.05) is 9.80 Å². The van der Waals surface area contributed by atoms with E-state index < -0.39 is 0 Å². The van der Waals surface area contributed by atoms with Crippen molar-refractivity contribution in [3.63, 3.8) is 0 Å². The maximum atomic E-state index is 7.00. The molecule has 3 heterocycles. The molecule has 306 valence electrons. The molecule has 59 heavy (non-hydrogen) atoms. The Morgan fingerprint density at radius 2 is 1.22 bits per heavy atom. The van der Waals surface area contributed by atoms with Crippen LogP contribution in [0.3, 0.4) is 0 Å². The van der Waals surface area contributed by atoms with Gasteiger partial charge in [0.1, 0.15) is 5.82 Å². The van der Waals surface area contributed by atoms with Crippen molar-refractivity contribution in [1.82, 2.24) is 9.55 Å². The Balaban J connectivity index is 0.00000528. The Morgan fingerprint density at radius 3 is 1.93 bits per heavy atom. The van der Waals surface area contributed by atoms with E-state index in [2.05, 4.69) is 231 Å². The molecule has 0 N–H and O–H groups in total. The summed E-state index contributed by atoms with van der Waals surface area (Å²) in [6, 6.07) is 46.3. The predicted octanol–water partition coefficient (Wildman–Crippen LogP) is 13.7. The van der Waals surface area contributed by atoms with E-state index in [9.17, 15) is 0 Å². The van der Waals surface area contributed by atoms with Crippen LogP contribution in [0.25, 0.3) is 27.6 Å². The van der Waals surface area contributed by atoms with Gasteiger partial charge < -0.3 is 19.1 Å². The molecule has 0 bridgehead atoms. The van der Waals surface area contributed by atoms with E-state index in [0.717, 1.165) is 39.2 Å². The smallest absolute Gasteiger partial charge is 0.135 e. The number of para-hydroxylation sites is 1. The van der Waals surface area contributed by atoms with Crippen LogP contribution in [-0.4, -0.2) is 9.55 Å². The second kappa shape index (κ2) is 15.5. The number of hydrogen-bond donors (Lipinski definition) is 0. The molecule has 0 radical (unpaired) electrons. The van der Waals surface area contributed by atoms with Crippen molar-refractivity contribution in [2.45, 2.75) is 97.8 Å². The first-order valence-corrected chi connectivity index (χ1v) is 20.4. The van der Waals surface area contributed by atoms with Crippen molar-refractivity contribution in [2.24, 2.45) is 0 Å². The topological polar surface area (TPSA) is 33.5 Å². The van der Waals surface area contributed by atoms with Gasteiger partial charge in [0.05, 0.1) is 0 Å². The second-order valence-corrected chi connectivity index (χ2v) is 19.3.